The summed E-state index contributed by atoms with van der Waals surface area (Å²) in [5.74, 6) is 0.389. The fraction of sp³-hybridized carbons (Fsp3) is 0.889. The van der Waals surface area contributed by atoms with E-state index in [0.29, 0.717) is 11.8 Å². The van der Waals surface area contributed by atoms with Gasteiger partial charge in [-0.25, -0.2) is 0 Å². The Labute approximate surface area is 72.2 Å². The molecule has 0 bridgehead atoms. The molecule has 1 unspecified atom stereocenters. The molecule has 2 fully saturated rings. The van der Waals surface area contributed by atoms with Crippen LogP contribution in [0.15, 0.2) is 0 Å². The summed E-state index contributed by atoms with van der Waals surface area (Å²) in [7, 11) is 0. The minimum absolute atomic E-state index is 0.254. The average Bonchev–Trinajstić information content (AvgIpc) is 2.47. The van der Waals surface area contributed by atoms with Gasteiger partial charge in [-0.2, -0.15) is 0 Å². The Hall–Kier alpha value is -0.570. The highest BCUT2D eigenvalue weighted by atomic mass is 16.4. The van der Waals surface area contributed by atoms with Crippen LogP contribution in [0.2, 0.25) is 0 Å². The summed E-state index contributed by atoms with van der Waals surface area (Å²) in [5.41, 5.74) is 0. The fourth-order valence-corrected chi connectivity index (χ4v) is 2.63. The van der Waals surface area contributed by atoms with Crippen molar-refractivity contribution in [3.8, 4) is 0 Å². The first-order valence-electron chi connectivity index (χ1n) is 4.75. The van der Waals surface area contributed by atoms with Gasteiger partial charge in [-0.05, 0) is 31.2 Å². The van der Waals surface area contributed by atoms with E-state index in [9.17, 15) is 4.79 Å². The van der Waals surface area contributed by atoms with Crippen LogP contribution in [0.25, 0.3) is 0 Å². The number of carboxylic acid groups (broad SMARTS) is 1. The van der Waals surface area contributed by atoms with Crippen LogP contribution < -0.4 is 5.32 Å². The van der Waals surface area contributed by atoms with Crippen LogP contribution in [0.5, 0.6) is 0 Å². The molecule has 3 nitrogen and oxygen atoms in total. The minimum Gasteiger partial charge on any atom is -0.480 e. The standard InChI is InChI=1S/C9H15NO2/c11-9(12)8-7-4-2-1-3-6(7)5-10-8/h6-8,10H,1-5H2,(H,11,12)/t6-,7-,8?/m0/s1. The maximum Gasteiger partial charge on any atom is 0.320 e. The number of carbonyl (C=O) groups is 1. The molecule has 0 spiro atoms. The zero-order valence-corrected chi connectivity index (χ0v) is 7.12. The molecule has 1 saturated carbocycles. The Bertz CT molecular complexity index is 193. The number of hydrogen-bond acceptors (Lipinski definition) is 2. The van der Waals surface area contributed by atoms with Gasteiger partial charge in [0.1, 0.15) is 6.04 Å². The summed E-state index contributed by atoms with van der Waals surface area (Å²) in [6.07, 6.45) is 4.83. The zero-order valence-electron chi connectivity index (χ0n) is 7.12. The molecular formula is C9H15NO2. The van der Waals surface area contributed by atoms with Gasteiger partial charge in [0.15, 0.2) is 0 Å². The molecule has 1 saturated heterocycles. The van der Waals surface area contributed by atoms with E-state index in [-0.39, 0.29) is 6.04 Å². The van der Waals surface area contributed by atoms with Crippen LogP contribution in [0, 0.1) is 11.8 Å². The summed E-state index contributed by atoms with van der Waals surface area (Å²) < 4.78 is 0. The number of fused-ring (bicyclic) bond motifs is 1. The molecule has 1 heterocycles. The van der Waals surface area contributed by atoms with Gasteiger partial charge in [-0.1, -0.05) is 12.8 Å². The number of aliphatic carboxylic acids is 1. The van der Waals surface area contributed by atoms with Gasteiger partial charge >= 0.3 is 5.97 Å². The van der Waals surface area contributed by atoms with Gasteiger partial charge in [0.2, 0.25) is 0 Å². The van der Waals surface area contributed by atoms with Crippen LogP contribution in [0.3, 0.4) is 0 Å². The van der Waals surface area contributed by atoms with Crippen molar-refractivity contribution in [1.29, 1.82) is 0 Å². The zero-order chi connectivity index (χ0) is 8.55. The van der Waals surface area contributed by atoms with Crippen molar-refractivity contribution in [1.82, 2.24) is 5.32 Å². The maximum absolute atomic E-state index is 10.8. The van der Waals surface area contributed by atoms with Crippen molar-refractivity contribution in [2.75, 3.05) is 6.54 Å². The van der Waals surface area contributed by atoms with Crippen molar-refractivity contribution in [2.24, 2.45) is 11.8 Å². The Morgan fingerprint density at radius 2 is 2.08 bits per heavy atom. The second kappa shape index (κ2) is 3.05. The Morgan fingerprint density at radius 1 is 1.33 bits per heavy atom. The molecular weight excluding hydrogens is 154 g/mol. The predicted octanol–water partition coefficient (Wildman–Crippen LogP) is 0.849. The van der Waals surface area contributed by atoms with Crippen LogP contribution in [-0.4, -0.2) is 23.7 Å². The first-order valence-corrected chi connectivity index (χ1v) is 4.75. The third-order valence-electron chi connectivity index (χ3n) is 3.26. The van der Waals surface area contributed by atoms with Crippen molar-refractivity contribution < 1.29 is 9.90 Å². The maximum atomic E-state index is 10.8. The molecule has 1 aliphatic heterocycles. The molecule has 0 amide bonds. The molecule has 2 aliphatic rings. The van der Waals surface area contributed by atoms with Crippen LogP contribution in [0.1, 0.15) is 25.7 Å². The third kappa shape index (κ3) is 1.22. The summed E-state index contributed by atoms with van der Waals surface area (Å²) in [4.78, 5) is 10.8. The highest BCUT2D eigenvalue weighted by molar-refractivity contribution is 5.74. The summed E-state index contributed by atoms with van der Waals surface area (Å²) in [5, 5.41) is 12.0. The lowest BCUT2D eigenvalue weighted by molar-refractivity contribution is -0.140. The molecule has 12 heavy (non-hydrogen) atoms. The van der Waals surface area contributed by atoms with E-state index in [1.807, 2.05) is 0 Å². The monoisotopic (exact) mass is 169 g/mol. The number of nitrogens with one attached hydrogen (secondary N) is 1. The molecule has 0 aromatic rings. The quantitative estimate of drug-likeness (QED) is 0.611. The molecule has 68 valence electrons. The van der Waals surface area contributed by atoms with E-state index < -0.39 is 5.97 Å². The van der Waals surface area contributed by atoms with E-state index in [2.05, 4.69) is 5.32 Å². The van der Waals surface area contributed by atoms with Crippen LogP contribution in [0.4, 0.5) is 0 Å². The minimum atomic E-state index is -0.663. The van der Waals surface area contributed by atoms with Crippen molar-refractivity contribution in [3.05, 3.63) is 0 Å². The first-order chi connectivity index (χ1) is 5.79. The van der Waals surface area contributed by atoms with E-state index in [1.165, 1.54) is 19.3 Å². The van der Waals surface area contributed by atoms with Gasteiger partial charge in [0, 0.05) is 0 Å². The van der Waals surface area contributed by atoms with E-state index in [0.717, 1.165) is 13.0 Å². The van der Waals surface area contributed by atoms with Crippen molar-refractivity contribution >= 4 is 5.97 Å². The van der Waals surface area contributed by atoms with Gasteiger partial charge in [0.25, 0.3) is 0 Å². The van der Waals surface area contributed by atoms with Crippen molar-refractivity contribution in [3.63, 3.8) is 0 Å². The van der Waals surface area contributed by atoms with E-state index in [4.69, 9.17) is 5.11 Å². The summed E-state index contributed by atoms with van der Waals surface area (Å²) >= 11 is 0. The fourth-order valence-electron chi connectivity index (χ4n) is 2.63. The first kappa shape index (κ1) is 8.05. The Kier molecular flexibility index (Phi) is 2.05. The lowest BCUT2D eigenvalue weighted by atomic mass is 9.78. The molecule has 3 atom stereocenters. The molecule has 3 heteroatoms. The van der Waals surface area contributed by atoms with Crippen LogP contribution in [-0.2, 0) is 4.79 Å². The highest BCUT2D eigenvalue weighted by Crippen LogP contribution is 2.35. The highest BCUT2D eigenvalue weighted by Gasteiger charge is 2.40. The topological polar surface area (TPSA) is 49.3 Å². The number of hydrogen-bond donors (Lipinski definition) is 2. The largest absolute Gasteiger partial charge is 0.480 e. The predicted molar refractivity (Wildman–Crippen MR) is 44.9 cm³/mol. The van der Waals surface area contributed by atoms with E-state index >= 15 is 0 Å². The third-order valence-corrected chi connectivity index (χ3v) is 3.26. The lowest BCUT2D eigenvalue weighted by Crippen LogP contribution is -2.36. The second-order valence-corrected chi connectivity index (χ2v) is 3.93. The molecule has 0 aromatic carbocycles. The number of rotatable bonds is 1. The van der Waals surface area contributed by atoms with Gasteiger partial charge in [-0.15, -0.1) is 0 Å². The normalized spacial score (nSPS) is 40.8. The van der Waals surface area contributed by atoms with Gasteiger partial charge < -0.3 is 10.4 Å². The van der Waals surface area contributed by atoms with Crippen molar-refractivity contribution in [2.45, 2.75) is 31.7 Å². The summed E-state index contributed by atoms with van der Waals surface area (Å²) in [6.45, 7) is 0.918. The van der Waals surface area contributed by atoms with Gasteiger partial charge in [-0.3, -0.25) is 4.79 Å². The molecule has 1 aliphatic carbocycles. The molecule has 0 radical (unpaired) electrons. The average molecular weight is 169 g/mol. The molecule has 2 rings (SSSR count). The lowest BCUT2D eigenvalue weighted by Gasteiger charge is -2.26. The summed E-state index contributed by atoms with van der Waals surface area (Å²) in [6, 6.07) is -0.254. The Balaban J connectivity index is 2.05. The smallest absolute Gasteiger partial charge is 0.320 e. The number of carboxylic acids is 1. The van der Waals surface area contributed by atoms with E-state index in [1.54, 1.807) is 0 Å². The van der Waals surface area contributed by atoms with Gasteiger partial charge in [0.05, 0.1) is 0 Å². The molecule has 0 aromatic heterocycles. The van der Waals surface area contributed by atoms with Crippen LogP contribution >= 0.6 is 0 Å². The Morgan fingerprint density at radius 3 is 2.83 bits per heavy atom. The SMILES string of the molecule is O=C(O)C1NC[C@@H]2CCCC[C@H]12. The second-order valence-electron chi connectivity index (χ2n) is 3.93. The molecule has 2 N–H and O–H groups in total.